The zero-order chi connectivity index (χ0) is 19.7. The average Bonchev–Trinajstić information content (AvgIpc) is 2.68. The topological polar surface area (TPSA) is 60.5 Å². The Morgan fingerprint density at radius 1 is 1.15 bits per heavy atom. The van der Waals surface area contributed by atoms with Crippen LogP contribution in [0.3, 0.4) is 0 Å². The molecule has 1 aromatic carbocycles. The second-order valence-corrected chi connectivity index (χ2v) is 6.93. The standard InChI is InChI=1S/C22H32N2O3/c1-5-8-14-22(4,27-7-3)21(25)24-18-12-13-19(26-16-9-6-2)20-17(18)11-10-15-23-20/h10-13,15H,5-9,14,16H2,1-4H3,(H,24,25)/t22-/m0/s1. The lowest BCUT2D eigenvalue weighted by molar-refractivity contribution is -0.139. The maximum Gasteiger partial charge on any atom is 0.256 e. The van der Waals surface area contributed by atoms with Gasteiger partial charge in [0.25, 0.3) is 5.91 Å². The van der Waals surface area contributed by atoms with Gasteiger partial charge in [-0.1, -0.05) is 33.1 Å². The SMILES string of the molecule is CCCCOc1ccc(NC(=O)[C@](C)(CCCC)OCC)c2cccnc12. The van der Waals surface area contributed by atoms with Crippen molar-refractivity contribution in [2.45, 2.75) is 65.4 Å². The molecule has 2 rings (SSSR count). The average molecular weight is 373 g/mol. The van der Waals surface area contributed by atoms with Crippen LogP contribution in [0.2, 0.25) is 0 Å². The van der Waals surface area contributed by atoms with Gasteiger partial charge in [0.15, 0.2) is 0 Å². The maximum atomic E-state index is 13.0. The first-order valence-corrected chi connectivity index (χ1v) is 10.0. The van der Waals surface area contributed by atoms with Crippen LogP contribution in [0.1, 0.15) is 59.8 Å². The molecular formula is C22H32N2O3. The highest BCUT2D eigenvalue weighted by Crippen LogP contribution is 2.31. The lowest BCUT2D eigenvalue weighted by Crippen LogP contribution is -2.42. The van der Waals surface area contributed by atoms with Crippen molar-refractivity contribution in [3.63, 3.8) is 0 Å². The minimum absolute atomic E-state index is 0.123. The minimum atomic E-state index is -0.838. The molecule has 0 aliphatic heterocycles. The van der Waals surface area contributed by atoms with Crippen molar-refractivity contribution in [2.75, 3.05) is 18.5 Å². The van der Waals surface area contributed by atoms with Gasteiger partial charge in [0.1, 0.15) is 16.9 Å². The van der Waals surface area contributed by atoms with Crippen molar-refractivity contribution in [3.8, 4) is 5.75 Å². The third kappa shape index (κ3) is 5.42. The van der Waals surface area contributed by atoms with Crippen LogP contribution in [-0.2, 0) is 9.53 Å². The Bertz CT molecular complexity index is 747. The molecule has 1 heterocycles. The van der Waals surface area contributed by atoms with Crippen molar-refractivity contribution >= 4 is 22.5 Å². The fraction of sp³-hybridized carbons (Fsp3) is 0.545. The predicted molar refractivity (Wildman–Crippen MR) is 110 cm³/mol. The van der Waals surface area contributed by atoms with Gasteiger partial charge in [0, 0.05) is 18.2 Å². The molecule has 1 N–H and O–H groups in total. The number of ether oxygens (including phenoxy) is 2. The third-order valence-electron chi connectivity index (χ3n) is 4.69. The summed E-state index contributed by atoms with van der Waals surface area (Å²) >= 11 is 0. The van der Waals surface area contributed by atoms with Gasteiger partial charge in [-0.2, -0.15) is 0 Å². The van der Waals surface area contributed by atoms with E-state index in [1.165, 1.54) is 0 Å². The number of carbonyl (C=O) groups is 1. The van der Waals surface area contributed by atoms with Gasteiger partial charge in [-0.15, -0.1) is 0 Å². The Hall–Kier alpha value is -2.14. The molecule has 1 atom stereocenters. The first-order valence-electron chi connectivity index (χ1n) is 10.0. The number of hydrogen-bond acceptors (Lipinski definition) is 4. The molecule has 5 nitrogen and oxygen atoms in total. The number of carbonyl (C=O) groups excluding carboxylic acids is 1. The van der Waals surface area contributed by atoms with Crippen molar-refractivity contribution < 1.29 is 14.3 Å². The van der Waals surface area contributed by atoms with E-state index in [0.717, 1.165) is 48.0 Å². The molecule has 1 amide bonds. The lowest BCUT2D eigenvalue weighted by Gasteiger charge is -2.28. The number of benzene rings is 1. The predicted octanol–water partition coefficient (Wildman–Crippen LogP) is 5.34. The normalized spacial score (nSPS) is 13.3. The van der Waals surface area contributed by atoms with Crippen LogP contribution in [0.25, 0.3) is 10.9 Å². The summed E-state index contributed by atoms with van der Waals surface area (Å²) in [5.74, 6) is 0.623. The molecule has 0 aliphatic carbocycles. The van der Waals surface area contributed by atoms with Crippen molar-refractivity contribution in [3.05, 3.63) is 30.5 Å². The van der Waals surface area contributed by atoms with Gasteiger partial charge in [0.2, 0.25) is 0 Å². The number of aromatic nitrogens is 1. The number of pyridine rings is 1. The van der Waals surface area contributed by atoms with Crippen LogP contribution in [-0.4, -0.2) is 29.7 Å². The number of nitrogens with one attached hydrogen (secondary N) is 1. The molecule has 0 radical (unpaired) electrons. The Kier molecular flexibility index (Phi) is 8.04. The van der Waals surface area contributed by atoms with Gasteiger partial charge >= 0.3 is 0 Å². The quantitative estimate of drug-likeness (QED) is 0.541. The summed E-state index contributed by atoms with van der Waals surface area (Å²) in [5, 5.41) is 3.92. The molecule has 5 heteroatoms. The monoisotopic (exact) mass is 372 g/mol. The van der Waals surface area contributed by atoms with Gasteiger partial charge in [-0.3, -0.25) is 9.78 Å². The van der Waals surface area contributed by atoms with Gasteiger partial charge in [-0.05, 0) is 51.0 Å². The second kappa shape index (κ2) is 10.3. The second-order valence-electron chi connectivity index (χ2n) is 6.93. The van der Waals surface area contributed by atoms with E-state index in [2.05, 4.69) is 24.1 Å². The largest absolute Gasteiger partial charge is 0.491 e. The van der Waals surface area contributed by atoms with E-state index < -0.39 is 5.60 Å². The molecule has 0 saturated carbocycles. The lowest BCUT2D eigenvalue weighted by atomic mass is 9.97. The molecule has 2 aromatic rings. The van der Waals surface area contributed by atoms with Gasteiger partial charge < -0.3 is 14.8 Å². The number of anilines is 1. The zero-order valence-corrected chi connectivity index (χ0v) is 17.0. The van der Waals surface area contributed by atoms with E-state index in [1.54, 1.807) is 6.20 Å². The molecule has 0 bridgehead atoms. The highest BCUT2D eigenvalue weighted by molar-refractivity contribution is 6.05. The first-order chi connectivity index (χ1) is 13.1. The Balaban J connectivity index is 2.27. The highest BCUT2D eigenvalue weighted by atomic mass is 16.5. The molecule has 148 valence electrons. The number of rotatable bonds is 11. The number of nitrogens with zero attached hydrogens (tertiary/aromatic N) is 1. The molecule has 0 aliphatic rings. The zero-order valence-electron chi connectivity index (χ0n) is 17.0. The molecular weight excluding hydrogens is 340 g/mol. The van der Waals surface area contributed by atoms with Crippen molar-refractivity contribution in [2.24, 2.45) is 0 Å². The van der Waals surface area contributed by atoms with Crippen LogP contribution >= 0.6 is 0 Å². The fourth-order valence-electron chi connectivity index (χ4n) is 3.04. The summed E-state index contributed by atoms with van der Waals surface area (Å²) in [6.07, 6.45) is 6.47. The fourth-order valence-corrected chi connectivity index (χ4v) is 3.04. The number of unbranched alkanes of at least 4 members (excludes halogenated alkanes) is 2. The van der Waals surface area contributed by atoms with Crippen molar-refractivity contribution in [1.29, 1.82) is 0 Å². The van der Waals surface area contributed by atoms with Crippen LogP contribution in [0.15, 0.2) is 30.5 Å². The summed E-state index contributed by atoms with van der Waals surface area (Å²) < 4.78 is 11.7. The van der Waals surface area contributed by atoms with E-state index in [1.807, 2.05) is 38.1 Å². The first kappa shape index (κ1) is 21.2. The number of hydrogen-bond donors (Lipinski definition) is 1. The summed E-state index contributed by atoms with van der Waals surface area (Å²) in [6.45, 7) is 9.18. The van der Waals surface area contributed by atoms with Crippen molar-refractivity contribution in [1.82, 2.24) is 4.98 Å². The minimum Gasteiger partial charge on any atom is -0.491 e. The number of amides is 1. The molecule has 1 aromatic heterocycles. The van der Waals surface area contributed by atoms with E-state index in [-0.39, 0.29) is 5.91 Å². The molecule has 0 saturated heterocycles. The Morgan fingerprint density at radius 3 is 2.63 bits per heavy atom. The van der Waals surface area contributed by atoms with Gasteiger partial charge in [0.05, 0.1) is 12.3 Å². The molecule has 0 unspecified atom stereocenters. The van der Waals surface area contributed by atoms with E-state index in [9.17, 15) is 4.79 Å². The van der Waals surface area contributed by atoms with E-state index >= 15 is 0 Å². The van der Waals surface area contributed by atoms with E-state index in [4.69, 9.17) is 9.47 Å². The van der Waals surface area contributed by atoms with Crippen LogP contribution in [0, 0.1) is 0 Å². The summed E-state index contributed by atoms with van der Waals surface area (Å²) in [6, 6.07) is 7.58. The highest BCUT2D eigenvalue weighted by Gasteiger charge is 2.33. The number of fused-ring (bicyclic) bond motifs is 1. The molecule has 0 spiro atoms. The Morgan fingerprint density at radius 2 is 1.93 bits per heavy atom. The third-order valence-corrected chi connectivity index (χ3v) is 4.69. The van der Waals surface area contributed by atoms with Crippen LogP contribution in [0.4, 0.5) is 5.69 Å². The summed E-state index contributed by atoms with van der Waals surface area (Å²) in [4.78, 5) is 17.5. The smallest absolute Gasteiger partial charge is 0.256 e. The maximum absolute atomic E-state index is 13.0. The molecule has 0 fully saturated rings. The Labute approximate surface area is 162 Å². The van der Waals surface area contributed by atoms with Gasteiger partial charge in [-0.25, -0.2) is 0 Å². The molecule has 27 heavy (non-hydrogen) atoms. The van der Waals surface area contributed by atoms with Crippen LogP contribution < -0.4 is 10.1 Å². The summed E-state index contributed by atoms with van der Waals surface area (Å²) in [5.41, 5.74) is 0.654. The van der Waals surface area contributed by atoms with E-state index in [0.29, 0.717) is 19.6 Å². The summed E-state index contributed by atoms with van der Waals surface area (Å²) in [7, 11) is 0. The van der Waals surface area contributed by atoms with Crippen LogP contribution in [0.5, 0.6) is 5.75 Å².